The fourth-order valence-corrected chi connectivity index (χ4v) is 1.44. The molecule has 0 heterocycles. The fraction of sp³-hybridized carbons (Fsp3) is 0.833. The van der Waals surface area contributed by atoms with Gasteiger partial charge in [0.15, 0.2) is 0 Å². The van der Waals surface area contributed by atoms with E-state index in [0.29, 0.717) is 13.0 Å². The Morgan fingerprint density at radius 1 is 1.38 bits per heavy atom. The number of amides is 1. The second kappa shape index (κ2) is 8.12. The summed E-state index contributed by atoms with van der Waals surface area (Å²) in [5.74, 6) is 0.0915. The molecular weight excluding hydrogens is 202 g/mol. The lowest BCUT2D eigenvalue weighted by Crippen LogP contribution is -2.44. The van der Waals surface area contributed by atoms with E-state index in [1.807, 2.05) is 20.0 Å². The van der Waals surface area contributed by atoms with Gasteiger partial charge in [0.05, 0.1) is 18.5 Å². The van der Waals surface area contributed by atoms with E-state index >= 15 is 0 Å². The predicted molar refractivity (Wildman–Crippen MR) is 64.9 cm³/mol. The molecule has 0 fully saturated rings. The van der Waals surface area contributed by atoms with Crippen LogP contribution in [0.25, 0.3) is 0 Å². The number of likely N-dealkylation sites (N-methyl/N-ethyl adjacent to an activating group) is 2. The van der Waals surface area contributed by atoms with Crippen molar-refractivity contribution in [2.45, 2.75) is 39.2 Å². The summed E-state index contributed by atoms with van der Waals surface area (Å²) in [5, 5.41) is 8.46. The van der Waals surface area contributed by atoms with Gasteiger partial charge in [-0.3, -0.25) is 9.69 Å². The van der Waals surface area contributed by atoms with Crippen molar-refractivity contribution in [2.75, 3.05) is 27.2 Å². The van der Waals surface area contributed by atoms with Crippen molar-refractivity contribution in [3.63, 3.8) is 0 Å². The minimum atomic E-state index is -0.102. The van der Waals surface area contributed by atoms with Crippen molar-refractivity contribution in [1.29, 1.82) is 5.26 Å². The molecule has 0 aromatic carbocycles. The monoisotopic (exact) mass is 225 g/mol. The van der Waals surface area contributed by atoms with Crippen molar-refractivity contribution >= 4 is 5.91 Å². The smallest absolute Gasteiger partial charge is 0.239 e. The highest BCUT2D eigenvalue weighted by atomic mass is 16.2. The molecule has 1 unspecified atom stereocenters. The SMILES string of the molecule is CCCCN(C)C(C)C(=O)N(C)CCC#N. The van der Waals surface area contributed by atoms with Crippen LogP contribution in [-0.2, 0) is 4.79 Å². The number of carbonyl (C=O) groups is 1. The lowest BCUT2D eigenvalue weighted by Gasteiger charge is -2.27. The van der Waals surface area contributed by atoms with Crippen LogP contribution < -0.4 is 0 Å². The zero-order chi connectivity index (χ0) is 12.6. The topological polar surface area (TPSA) is 47.3 Å². The molecule has 4 heteroatoms. The average Bonchev–Trinajstić information content (AvgIpc) is 2.30. The number of hydrogen-bond donors (Lipinski definition) is 0. The van der Waals surface area contributed by atoms with Crippen molar-refractivity contribution in [3.05, 3.63) is 0 Å². The summed E-state index contributed by atoms with van der Waals surface area (Å²) < 4.78 is 0. The van der Waals surface area contributed by atoms with E-state index in [9.17, 15) is 4.79 Å². The molecule has 0 radical (unpaired) electrons. The van der Waals surface area contributed by atoms with Gasteiger partial charge in [-0.2, -0.15) is 5.26 Å². The summed E-state index contributed by atoms with van der Waals surface area (Å²) in [6, 6.07) is 1.95. The Morgan fingerprint density at radius 2 is 2.00 bits per heavy atom. The molecule has 0 bridgehead atoms. The van der Waals surface area contributed by atoms with Crippen LogP contribution in [0.4, 0.5) is 0 Å². The molecule has 1 atom stereocenters. The first-order valence-corrected chi connectivity index (χ1v) is 5.86. The van der Waals surface area contributed by atoms with Crippen LogP contribution in [0.1, 0.15) is 33.1 Å². The maximum atomic E-state index is 11.9. The number of carbonyl (C=O) groups excluding carboxylic acids is 1. The highest BCUT2D eigenvalue weighted by molar-refractivity contribution is 5.81. The molecule has 0 aromatic heterocycles. The van der Waals surface area contributed by atoms with Crippen LogP contribution in [-0.4, -0.2) is 48.9 Å². The third-order valence-corrected chi connectivity index (χ3v) is 2.82. The van der Waals surface area contributed by atoms with Gasteiger partial charge in [0.2, 0.25) is 5.91 Å². The van der Waals surface area contributed by atoms with Gasteiger partial charge >= 0.3 is 0 Å². The van der Waals surface area contributed by atoms with Gasteiger partial charge in [-0.05, 0) is 26.9 Å². The van der Waals surface area contributed by atoms with E-state index in [2.05, 4.69) is 11.8 Å². The van der Waals surface area contributed by atoms with E-state index in [-0.39, 0.29) is 11.9 Å². The van der Waals surface area contributed by atoms with Gasteiger partial charge in [0.1, 0.15) is 0 Å². The summed E-state index contributed by atoms with van der Waals surface area (Å²) >= 11 is 0. The first-order valence-electron chi connectivity index (χ1n) is 5.86. The zero-order valence-corrected chi connectivity index (χ0v) is 10.9. The minimum Gasteiger partial charge on any atom is -0.343 e. The molecule has 0 rings (SSSR count). The van der Waals surface area contributed by atoms with E-state index in [0.717, 1.165) is 19.4 Å². The standard InChI is InChI=1S/C12H23N3O/c1-5-6-9-14(3)11(2)12(16)15(4)10-7-8-13/h11H,5-7,9-10H2,1-4H3. The van der Waals surface area contributed by atoms with Crippen LogP contribution in [0, 0.1) is 11.3 Å². The van der Waals surface area contributed by atoms with Crippen molar-refractivity contribution < 1.29 is 4.79 Å². The number of rotatable bonds is 7. The number of unbranched alkanes of at least 4 members (excludes halogenated alkanes) is 1. The van der Waals surface area contributed by atoms with Crippen LogP contribution in [0.3, 0.4) is 0 Å². The molecular formula is C12H23N3O. The first-order chi connectivity index (χ1) is 7.54. The maximum Gasteiger partial charge on any atom is 0.239 e. The largest absolute Gasteiger partial charge is 0.343 e. The Kier molecular flexibility index (Phi) is 7.57. The zero-order valence-electron chi connectivity index (χ0n) is 10.9. The molecule has 0 aromatic rings. The molecule has 0 saturated carbocycles. The number of hydrogen-bond acceptors (Lipinski definition) is 3. The lowest BCUT2D eigenvalue weighted by atomic mass is 10.2. The highest BCUT2D eigenvalue weighted by Gasteiger charge is 2.20. The summed E-state index contributed by atoms with van der Waals surface area (Å²) in [6.07, 6.45) is 2.64. The molecule has 16 heavy (non-hydrogen) atoms. The van der Waals surface area contributed by atoms with Crippen molar-refractivity contribution in [3.8, 4) is 6.07 Å². The van der Waals surface area contributed by atoms with E-state index in [4.69, 9.17) is 5.26 Å². The van der Waals surface area contributed by atoms with Crippen LogP contribution in [0.5, 0.6) is 0 Å². The fourth-order valence-electron chi connectivity index (χ4n) is 1.44. The van der Waals surface area contributed by atoms with Crippen molar-refractivity contribution in [2.24, 2.45) is 0 Å². The van der Waals surface area contributed by atoms with Gasteiger partial charge in [0, 0.05) is 13.6 Å². The van der Waals surface area contributed by atoms with Crippen molar-refractivity contribution in [1.82, 2.24) is 9.80 Å². The second-order valence-corrected chi connectivity index (χ2v) is 4.18. The van der Waals surface area contributed by atoms with Gasteiger partial charge in [-0.1, -0.05) is 13.3 Å². The Bertz CT molecular complexity index is 247. The lowest BCUT2D eigenvalue weighted by molar-refractivity contribution is -0.134. The van der Waals surface area contributed by atoms with Crippen LogP contribution >= 0.6 is 0 Å². The van der Waals surface area contributed by atoms with E-state index in [1.165, 1.54) is 0 Å². The first kappa shape index (κ1) is 14.9. The van der Waals surface area contributed by atoms with Crippen LogP contribution in [0.15, 0.2) is 0 Å². The third-order valence-electron chi connectivity index (χ3n) is 2.82. The Labute approximate surface area is 98.8 Å². The average molecular weight is 225 g/mol. The molecule has 0 N–H and O–H groups in total. The Morgan fingerprint density at radius 3 is 2.50 bits per heavy atom. The summed E-state index contributed by atoms with van der Waals surface area (Å²) in [5.41, 5.74) is 0. The van der Waals surface area contributed by atoms with E-state index < -0.39 is 0 Å². The van der Waals surface area contributed by atoms with Gasteiger partial charge in [-0.25, -0.2) is 0 Å². The van der Waals surface area contributed by atoms with E-state index in [1.54, 1.807) is 11.9 Å². The number of nitrogens with zero attached hydrogens (tertiary/aromatic N) is 3. The molecule has 4 nitrogen and oxygen atoms in total. The second-order valence-electron chi connectivity index (χ2n) is 4.18. The van der Waals surface area contributed by atoms with Gasteiger partial charge in [-0.15, -0.1) is 0 Å². The molecule has 92 valence electrons. The Balaban J connectivity index is 4.10. The molecule has 0 aliphatic carbocycles. The minimum absolute atomic E-state index is 0.0915. The Hall–Kier alpha value is -1.08. The normalized spacial score (nSPS) is 12.2. The molecule has 0 aliphatic rings. The third kappa shape index (κ3) is 5.13. The molecule has 0 aliphatic heterocycles. The summed E-state index contributed by atoms with van der Waals surface area (Å²) in [4.78, 5) is 15.6. The summed E-state index contributed by atoms with van der Waals surface area (Å²) in [7, 11) is 3.72. The quantitative estimate of drug-likeness (QED) is 0.659. The summed E-state index contributed by atoms with van der Waals surface area (Å²) in [6.45, 7) is 5.51. The maximum absolute atomic E-state index is 11.9. The predicted octanol–water partition coefficient (Wildman–Crippen LogP) is 1.48. The highest BCUT2D eigenvalue weighted by Crippen LogP contribution is 2.03. The molecule has 0 spiro atoms. The number of nitriles is 1. The molecule has 1 amide bonds. The van der Waals surface area contributed by atoms with Crippen LogP contribution in [0.2, 0.25) is 0 Å². The molecule has 0 saturated heterocycles. The van der Waals surface area contributed by atoms with Gasteiger partial charge < -0.3 is 4.90 Å². The van der Waals surface area contributed by atoms with Gasteiger partial charge in [0.25, 0.3) is 0 Å².